The number of amides is 8. The molecule has 8 N–H and O–H groups in total. The third-order valence-corrected chi connectivity index (χ3v) is 25.5. The number of hydrogen-bond donors (Lipinski definition) is 8. The molecule has 0 aliphatic heterocycles. The van der Waals surface area contributed by atoms with Crippen molar-refractivity contribution < 1.29 is 76.3 Å². The van der Waals surface area contributed by atoms with E-state index in [1.807, 2.05) is 94.5 Å². The second-order valence-electron chi connectivity index (χ2n) is 40.4. The Kier molecular flexibility index (Phi) is 62.1. The van der Waals surface area contributed by atoms with Crippen molar-refractivity contribution in [1.29, 1.82) is 0 Å². The van der Waals surface area contributed by atoms with Gasteiger partial charge in [-0.1, -0.05) is 234 Å². The van der Waals surface area contributed by atoms with Gasteiger partial charge in [-0.25, -0.2) is 0 Å². The Bertz CT molecular complexity index is 4600. The first-order valence-electron chi connectivity index (χ1n) is 51.8. The fourth-order valence-corrected chi connectivity index (χ4v) is 17.3. The predicted molar refractivity (Wildman–Crippen MR) is 575 cm³/mol. The average molecular weight is 1950 g/mol. The molecule has 784 valence electrons. The van der Waals surface area contributed by atoms with Gasteiger partial charge in [0.2, 0.25) is 47.3 Å². The van der Waals surface area contributed by atoms with Crippen LogP contribution >= 0.6 is 0 Å². The minimum atomic E-state index is -0.824. The summed E-state index contributed by atoms with van der Waals surface area (Å²) in [5, 5.41) is 23.2. The summed E-state index contributed by atoms with van der Waals surface area (Å²) >= 11 is 0. The van der Waals surface area contributed by atoms with Crippen LogP contribution in [0.2, 0.25) is 0 Å². The van der Waals surface area contributed by atoms with Crippen LogP contribution in [-0.4, -0.2) is 204 Å². The van der Waals surface area contributed by atoms with E-state index in [2.05, 4.69) is 208 Å². The number of ether oxygens (including phenoxy) is 8. The van der Waals surface area contributed by atoms with E-state index in [1.54, 1.807) is 12.2 Å². The van der Waals surface area contributed by atoms with Crippen LogP contribution in [0.3, 0.4) is 0 Å². The van der Waals surface area contributed by atoms with Gasteiger partial charge in [0.15, 0.2) is 0 Å². The van der Waals surface area contributed by atoms with Crippen LogP contribution in [0.5, 0.6) is 0 Å². The van der Waals surface area contributed by atoms with E-state index in [1.165, 1.54) is 108 Å². The molecule has 141 heavy (non-hydrogen) atoms. The summed E-state index contributed by atoms with van der Waals surface area (Å²) in [5.41, 5.74) is 19.7. The maximum atomic E-state index is 13.6. The van der Waals surface area contributed by atoms with Gasteiger partial charge in [-0.15, -0.1) is 0 Å². The first kappa shape index (κ1) is 124. The molecule has 0 aromatic heterocycles. The van der Waals surface area contributed by atoms with E-state index >= 15 is 0 Å². The number of rotatable bonds is 68. The van der Waals surface area contributed by atoms with Crippen LogP contribution in [-0.2, 0) is 76.3 Å². The zero-order valence-corrected chi connectivity index (χ0v) is 89.9. The molecule has 4 aliphatic carbocycles. The van der Waals surface area contributed by atoms with Crippen molar-refractivity contribution >= 4 is 47.3 Å². The summed E-state index contributed by atoms with van der Waals surface area (Å²) in [5.74, 6) is -2.14. The third kappa shape index (κ3) is 56.8. The van der Waals surface area contributed by atoms with E-state index in [-0.39, 0.29) is 161 Å². The van der Waals surface area contributed by atoms with Crippen molar-refractivity contribution in [3.8, 4) is 0 Å². The van der Waals surface area contributed by atoms with Crippen molar-refractivity contribution in [2.24, 2.45) is 21.7 Å². The molecule has 0 fully saturated rings. The Morgan fingerprint density at radius 1 is 0.277 bits per heavy atom. The highest BCUT2D eigenvalue weighted by molar-refractivity contribution is 5.94. The van der Waals surface area contributed by atoms with Crippen molar-refractivity contribution in [3.05, 3.63) is 235 Å². The third-order valence-electron chi connectivity index (χ3n) is 25.5. The van der Waals surface area contributed by atoms with Crippen LogP contribution in [0.25, 0.3) is 0 Å². The molecule has 0 saturated heterocycles. The quantitative estimate of drug-likeness (QED) is 0.0159. The average Bonchev–Trinajstić information content (AvgIpc) is 0.833. The molecule has 0 bridgehead atoms. The van der Waals surface area contributed by atoms with E-state index < -0.39 is 12.1 Å². The summed E-state index contributed by atoms with van der Waals surface area (Å²) < 4.78 is 45.0. The Balaban J connectivity index is 1.03. The van der Waals surface area contributed by atoms with Gasteiger partial charge in [-0.05, 0) is 258 Å². The fraction of sp³-hybridized carbons (Fsp3) is 0.590. The molecule has 24 nitrogen and oxygen atoms in total. The number of nitrogens with one attached hydrogen (secondary N) is 8. The molecule has 2 atom stereocenters. The first-order chi connectivity index (χ1) is 67.3. The largest absolute Gasteiger partial charge is 0.379 e. The number of allylic oxidation sites excluding steroid dienone is 36. The van der Waals surface area contributed by atoms with Crippen molar-refractivity contribution in [1.82, 2.24) is 42.5 Å². The normalized spacial score (nSPS) is 17.7. The lowest BCUT2D eigenvalue weighted by Gasteiger charge is -2.33. The van der Waals surface area contributed by atoms with Gasteiger partial charge in [0.1, 0.15) is 12.1 Å². The maximum Gasteiger partial charge on any atom is 0.244 e. The van der Waals surface area contributed by atoms with Crippen LogP contribution in [0, 0.1) is 21.7 Å². The molecule has 0 radical (unpaired) electrons. The lowest BCUT2D eigenvalue weighted by Crippen LogP contribution is -2.47. The summed E-state index contributed by atoms with van der Waals surface area (Å²) in [6.07, 6.45) is 65.8. The Labute approximate surface area is 848 Å². The summed E-state index contributed by atoms with van der Waals surface area (Å²) in [7, 11) is 0. The number of carbonyl (C=O) groups is 8. The molecule has 0 aromatic rings. The Hall–Kier alpha value is -9.76. The SMILES string of the molecule is CC1=C(/C=C/C(C)=C/C=C/C(C)=C/C(=O)NCCCCC[C@H](NC(=O)/C=C(C)/C=C/C=C(C)/C=C/C2=C(C)CCCC2(C)C)C(=O)NCCOCCOCCNC(=O)CCOCCOCCOCCOCCC(=O)NCCOCCOCCNC(=O)[C@H](CCCCNC(=O)/C=C(C)/C=C/C=C(C)/C=C/C2=C(C)CCCC2(C)C)NC(=O)/C=C(C)/C=C/C=C(C)/C=C/C2=C(C)CCCC2(C)C)C(C)(C)CCC1. The van der Waals surface area contributed by atoms with E-state index in [9.17, 15) is 38.4 Å². The van der Waals surface area contributed by atoms with E-state index in [4.69, 9.17) is 37.9 Å². The summed E-state index contributed by atoms with van der Waals surface area (Å²) in [4.78, 5) is 105. The molecule has 4 rings (SSSR count). The van der Waals surface area contributed by atoms with E-state index in [0.717, 1.165) is 76.7 Å². The highest BCUT2D eigenvalue weighted by Gasteiger charge is 2.31. The van der Waals surface area contributed by atoms with Gasteiger partial charge in [0.25, 0.3) is 0 Å². The minimum Gasteiger partial charge on any atom is -0.379 e. The zero-order valence-electron chi connectivity index (χ0n) is 89.9. The smallest absolute Gasteiger partial charge is 0.244 e. The molecule has 24 heteroatoms. The topological polar surface area (TPSA) is 307 Å². The van der Waals surface area contributed by atoms with Gasteiger partial charge in [-0.2, -0.15) is 0 Å². The van der Waals surface area contributed by atoms with Crippen molar-refractivity contribution in [2.75, 3.05) is 145 Å². The molecule has 0 spiro atoms. The molecule has 8 amide bonds. The second-order valence-corrected chi connectivity index (χ2v) is 40.4. The zero-order chi connectivity index (χ0) is 104. The minimum absolute atomic E-state index is 0.150. The van der Waals surface area contributed by atoms with Gasteiger partial charge < -0.3 is 80.4 Å². The van der Waals surface area contributed by atoms with Gasteiger partial charge in [-0.3, -0.25) is 38.4 Å². The lowest BCUT2D eigenvalue weighted by atomic mass is 9.72. The predicted octanol–water partition coefficient (Wildman–Crippen LogP) is 20.4. The molecule has 0 saturated carbocycles. The molecular formula is C117H180N8O16. The van der Waals surface area contributed by atoms with Crippen LogP contribution < -0.4 is 42.5 Å². The molecule has 4 aliphatic rings. The highest BCUT2D eigenvalue weighted by Crippen LogP contribution is 2.44. The lowest BCUT2D eigenvalue weighted by molar-refractivity contribution is -0.127. The van der Waals surface area contributed by atoms with Crippen molar-refractivity contribution in [3.63, 3.8) is 0 Å². The van der Waals surface area contributed by atoms with E-state index in [0.29, 0.717) is 104 Å². The van der Waals surface area contributed by atoms with Crippen LogP contribution in [0.15, 0.2) is 235 Å². The Morgan fingerprint density at radius 3 is 0.794 bits per heavy atom. The molecular weight excluding hydrogens is 1770 g/mol. The number of carbonyl (C=O) groups excluding carboxylic acids is 8. The Morgan fingerprint density at radius 2 is 0.518 bits per heavy atom. The molecule has 0 heterocycles. The van der Waals surface area contributed by atoms with Gasteiger partial charge in [0, 0.05) is 76.4 Å². The fourth-order valence-electron chi connectivity index (χ4n) is 17.3. The monoisotopic (exact) mass is 1950 g/mol. The van der Waals surface area contributed by atoms with Crippen molar-refractivity contribution in [2.45, 2.75) is 285 Å². The summed E-state index contributed by atoms with van der Waals surface area (Å²) in [6, 6.07) is -1.61. The molecule has 0 unspecified atom stereocenters. The standard InChI is InChI=1S/C117H180N8O16/c1-88(48-52-100-96(9)42-30-58-114(100,13)14)34-26-38-92(5)84-108(128)118-62-24-21-22-46-104(124-110(130)86-94(7)40-28-36-90(3)50-54-102-98(11)44-32-60-116(102,17)18)112(132)122-66-72-138-78-76-136-70-64-120-106(126)56-68-134-74-80-140-82-83-141-81-75-135-69-57-107(127)121-65-71-137-77-79-139-73-67-123-113(133)105(125-111(131)87-95(8)41-29-37-91(4)51-55-103-99(12)45-33-61-117(103,19)20)47-23-25-63-119-109(129)85-93(6)39-27-35-89(2)49-53-101-97(10)43-31-59-115(101,15)16/h26-29,34-41,48-55,84-87,104-105H,21-25,30-33,42-47,56-83H2,1-20H3,(H,118,128)(H,119,129)(H,120,126)(H,121,127)(H,122,132)(H,123,133)(H,124,130)(H,125,131)/b38-26+,39-27+,40-28+,41-29+,52-48+,53-49+,54-50+,55-51+,88-34+,89-35+,90-36+,91-37+,92-84+,93-85+,94-86+,95-87+/t104-,105-/m0/s1. The second kappa shape index (κ2) is 70.8. The van der Waals surface area contributed by atoms with Crippen LogP contribution in [0.1, 0.15) is 273 Å². The van der Waals surface area contributed by atoms with Gasteiger partial charge in [0.05, 0.1) is 106 Å². The number of unbranched alkanes of at least 4 members (excludes halogenated alkanes) is 3. The summed E-state index contributed by atoms with van der Waals surface area (Å²) in [6.45, 7) is 49.7. The van der Waals surface area contributed by atoms with Crippen LogP contribution in [0.4, 0.5) is 0 Å². The van der Waals surface area contributed by atoms with Gasteiger partial charge >= 0.3 is 0 Å². The molecule has 0 aromatic carbocycles. The number of hydrogen-bond acceptors (Lipinski definition) is 16. The maximum absolute atomic E-state index is 13.6. The first-order valence-corrected chi connectivity index (χ1v) is 51.8. The highest BCUT2D eigenvalue weighted by atomic mass is 16.6.